The van der Waals surface area contributed by atoms with Crippen LogP contribution in [-0.4, -0.2) is 66.2 Å². The molecule has 10 heteroatoms. The lowest BCUT2D eigenvalue weighted by atomic mass is 9.96. The molecule has 0 radical (unpaired) electrons. The first-order valence-electron chi connectivity index (χ1n) is 10.9. The second-order valence-electron chi connectivity index (χ2n) is 8.32. The van der Waals surface area contributed by atoms with E-state index in [-0.39, 0.29) is 17.9 Å². The van der Waals surface area contributed by atoms with Crippen LogP contribution in [0.25, 0.3) is 0 Å². The number of carbonyl (C=O) groups excluding carboxylic acids is 1. The Bertz CT molecular complexity index is 923. The van der Waals surface area contributed by atoms with Crippen molar-refractivity contribution in [1.82, 2.24) is 20.0 Å². The van der Waals surface area contributed by atoms with Gasteiger partial charge in [-0.3, -0.25) is 9.69 Å². The van der Waals surface area contributed by atoms with Crippen LogP contribution in [-0.2, 0) is 4.74 Å². The maximum absolute atomic E-state index is 13.8. The Morgan fingerprint density at radius 1 is 1.25 bits per heavy atom. The molecule has 32 heavy (non-hydrogen) atoms. The lowest BCUT2D eigenvalue weighted by Crippen LogP contribution is -2.38. The molecule has 2 aliphatic heterocycles. The molecule has 0 aliphatic carbocycles. The van der Waals surface area contributed by atoms with Crippen molar-refractivity contribution in [2.75, 3.05) is 44.7 Å². The number of morpholine rings is 1. The normalized spacial score (nSPS) is 21.6. The highest BCUT2D eigenvalue weighted by molar-refractivity contribution is 5.93. The summed E-state index contributed by atoms with van der Waals surface area (Å²) in [5, 5.41) is 9.90. The zero-order chi connectivity index (χ0) is 22.7. The standard InChI is InChI=1S/C22H28F3N5O2/c1-15-3-5-16(6-4-15)17-13-19(22(23,24)25)30-20(27-17)14-18(28-30)21(31)26-7-2-8-29-9-11-32-12-10-29/h3-6,14,17,19,27H,2,7-13H2,1H3,(H,26,31)/t17-,19-/m1/s1. The van der Waals surface area contributed by atoms with Crippen molar-refractivity contribution in [2.24, 2.45) is 0 Å². The summed E-state index contributed by atoms with van der Waals surface area (Å²) in [5.74, 6) is -0.272. The number of carbonyl (C=O) groups is 1. The molecule has 1 amide bonds. The summed E-state index contributed by atoms with van der Waals surface area (Å²) in [6.45, 7) is 6.35. The molecule has 2 aromatic rings. The number of halogens is 3. The van der Waals surface area contributed by atoms with Gasteiger partial charge in [-0.05, 0) is 25.5 Å². The number of rotatable bonds is 6. The van der Waals surface area contributed by atoms with Crippen molar-refractivity contribution in [3.63, 3.8) is 0 Å². The minimum atomic E-state index is -4.47. The largest absolute Gasteiger partial charge is 0.410 e. The molecule has 1 aromatic heterocycles. The van der Waals surface area contributed by atoms with E-state index in [4.69, 9.17) is 4.74 Å². The highest BCUT2D eigenvalue weighted by Gasteiger charge is 2.46. The molecule has 2 N–H and O–H groups in total. The average molecular weight is 451 g/mol. The van der Waals surface area contributed by atoms with Crippen LogP contribution in [0, 0.1) is 6.92 Å². The van der Waals surface area contributed by atoms with Crippen LogP contribution < -0.4 is 10.6 Å². The fraction of sp³-hybridized carbons (Fsp3) is 0.545. The van der Waals surface area contributed by atoms with Gasteiger partial charge in [-0.25, -0.2) is 4.68 Å². The second-order valence-corrected chi connectivity index (χ2v) is 8.32. The molecular weight excluding hydrogens is 423 g/mol. The fourth-order valence-corrected chi connectivity index (χ4v) is 4.12. The minimum absolute atomic E-state index is 0.0160. The van der Waals surface area contributed by atoms with Crippen molar-refractivity contribution < 1.29 is 22.7 Å². The van der Waals surface area contributed by atoms with Crippen molar-refractivity contribution in [1.29, 1.82) is 0 Å². The lowest BCUT2D eigenvalue weighted by Gasteiger charge is -2.33. The first kappa shape index (κ1) is 22.6. The van der Waals surface area contributed by atoms with Crippen molar-refractivity contribution in [3.8, 4) is 0 Å². The van der Waals surface area contributed by atoms with Crippen LogP contribution >= 0.6 is 0 Å². The van der Waals surface area contributed by atoms with E-state index in [2.05, 4.69) is 20.6 Å². The van der Waals surface area contributed by atoms with Gasteiger partial charge in [0, 0.05) is 32.1 Å². The van der Waals surface area contributed by atoms with Crippen LogP contribution in [0.15, 0.2) is 30.3 Å². The Morgan fingerprint density at radius 3 is 2.66 bits per heavy atom. The molecule has 2 atom stereocenters. The number of aryl methyl sites for hydroxylation is 1. The van der Waals surface area contributed by atoms with Crippen LogP contribution in [0.5, 0.6) is 0 Å². The van der Waals surface area contributed by atoms with E-state index in [0.29, 0.717) is 19.8 Å². The van der Waals surface area contributed by atoms with Gasteiger partial charge in [-0.2, -0.15) is 18.3 Å². The Balaban J connectivity index is 1.42. The maximum atomic E-state index is 13.8. The van der Waals surface area contributed by atoms with Crippen LogP contribution in [0.4, 0.5) is 19.0 Å². The molecule has 0 saturated carbocycles. The first-order valence-corrected chi connectivity index (χ1v) is 10.9. The van der Waals surface area contributed by atoms with E-state index in [0.717, 1.165) is 41.9 Å². The topological polar surface area (TPSA) is 71.4 Å². The zero-order valence-electron chi connectivity index (χ0n) is 18.0. The predicted octanol–water partition coefficient (Wildman–Crippen LogP) is 3.30. The van der Waals surface area contributed by atoms with E-state index in [1.54, 1.807) is 0 Å². The van der Waals surface area contributed by atoms with Crippen molar-refractivity contribution in [2.45, 2.75) is 38.0 Å². The Labute approximate surface area is 184 Å². The number of nitrogens with zero attached hydrogens (tertiary/aromatic N) is 3. The molecule has 1 fully saturated rings. The molecular formula is C22H28F3N5O2. The molecule has 174 valence electrons. The van der Waals surface area contributed by atoms with E-state index in [9.17, 15) is 18.0 Å². The zero-order valence-corrected chi connectivity index (χ0v) is 18.0. The first-order chi connectivity index (χ1) is 15.3. The summed E-state index contributed by atoms with van der Waals surface area (Å²) in [6.07, 6.45) is -3.92. The summed E-state index contributed by atoms with van der Waals surface area (Å²) in [6, 6.07) is 6.49. The quantitative estimate of drug-likeness (QED) is 0.660. The van der Waals surface area contributed by atoms with Gasteiger partial charge in [0.1, 0.15) is 5.82 Å². The molecule has 4 rings (SSSR count). The van der Waals surface area contributed by atoms with Crippen molar-refractivity contribution in [3.05, 3.63) is 47.2 Å². The molecule has 2 aliphatic rings. The monoisotopic (exact) mass is 451 g/mol. The minimum Gasteiger partial charge on any atom is -0.379 e. The van der Waals surface area contributed by atoms with Crippen LogP contribution in [0.3, 0.4) is 0 Å². The number of aromatic nitrogens is 2. The number of benzene rings is 1. The van der Waals surface area contributed by atoms with Gasteiger partial charge >= 0.3 is 6.18 Å². The van der Waals surface area contributed by atoms with E-state index in [1.165, 1.54) is 6.07 Å². The number of fused-ring (bicyclic) bond motifs is 1. The summed E-state index contributed by atoms with van der Waals surface area (Å²) in [7, 11) is 0. The number of hydrogen-bond acceptors (Lipinski definition) is 5. The Hall–Kier alpha value is -2.59. The number of ether oxygens (including phenoxy) is 1. The highest BCUT2D eigenvalue weighted by Crippen LogP contribution is 2.43. The third-order valence-corrected chi connectivity index (χ3v) is 5.94. The third kappa shape index (κ3) is 5.24. The second kappa shape index (κ2) is 9.50. The number of anilines is 1. The Morgan fingerprint density at radius 2 is 1.97 bits per heavy atom. The average Bonchev–Trinajstić information content (AvgIpc) is 3.21. The van der Waals surface area contributed by atoms with Gasteiger partial charge in [0.15, 0.2) is 11.7 Å². The van der Waals surface area contributed by atoms with Crippen LogP contribution in [0.2, 0.25) is 0 Å². The van der Waals surface area contributed by atoms with Gasteiger partial charge in [-0.15, -0.1) is 0 Å². The summed E-state index contributed by atoms with van der Waals surface area (Å²) >= 11 is 0. The number of hydrogen-bond donors (Lipinski definition) is 2. The predicted molar refractivity (Wildman–Crippen MR) is 114 cm³/mol. The summed E-state index contributed by atoms with van der Waals surface area (Å²) in [5.41, 5.74) is 1.79. The summed E-state index contributed by atoms with van der Waals surface area (Å²) in [4.78, 5) is 14.8. The molecule has 0 spiro atoms. The third-order valence-electron chi connectivity index (χ3n) is 5.94. The van der Waals surface area contributed by atoms with Gasteiger partial charge in [0.25, 0.3) is 5.91 Å². The number of alkyl halides is 3. The highest BCUT2D eigenvalue weighted by atomic mass is 19.4. The fourth-order valence-electron chi connectivity index (χ4n) is 4.12. The van der Waals surface area contributed by atoms with E-state index >= 15 is 0 Å². The van der Waals surface area contributed by atoms with Gasteiger partial charge in [0.05, 0.1) is 19.3 Å². The van der Waals surface area contributed by atoms with E-state index < -0.39 is 24.2 Å². The number of amides is 1. The molecule has 1 aromatic carbocycles. The molecule has 3 heterocycles. The van der Waals surface area contributed by atoms with Gasteiger partial charge in [-0.1, -0.05) is 29.8 Å². The van der Waals surface area contributed by atoms with Crippen molar-refractivity contribution >= 4 is 11.7 Å². The maximum Gasteiger partial charge on any atom is 0.410 e. The SMILES string of the molecule is Cc1ccc([C@H]2C[C@H](C(F)(F)F)n3nc(C(=O)NCCCN4CCOCC4)cc3N2)cc1. The van der Waals surface area contributed by atoms with Gasteiger partial charge < -0.3 is 15.4 Å². The molecule has 0 unspecified atom stereocenters. The smallest absolute Gasteiger partial charge is 0.379 e. The Kier molecular flexibility index (Phi) is 6.71. The molecule has 1 saturated heterocycles. The molecule has 7 nitrogen and oxygen atoms in total. The summed E-state index contributed by atoms with van der Waals surface area (Å²) < 4.78 is 47.6. The molecule has 0 bridgehead atoms. The van der Waals surface area contributed by atoms with E-state index in [1.807, 2.05) is 31.2 Å². The van der Waals surface area contributed by atoms with Crippen LogP contribution in [0.1, 0.15) is 46.5 Å². The lowest BCUT2D eigenvalue weighted by molar-refractivity contribution is -0.173. The number of nitrogens with one attached hydrogen (secondary N) is 2. The van der Waals surface area contributed by atoms with Gasteiger partial charge in [0.2, 0.25) is 0 Å².